The largest absolute Gasteiger partial charge is 0.475 e. The molecule has 3 N–H and O–H groups in total. The minimum atomic E-state index is -0.0675. The van der Waals surface area contributed by atoms with Gasteiger partial charge < -0.3 is 20.2 Å². The smallest absolute Gasteiger partial charge is 0.231 e. The third kappa shape index (κ3) is 2.95. The number of imidazole rings is 1. The van der Waals surface area contributed by atoms with Crippen molar-refractivity contribution in [2.45, 2.75) is 19.9 Å². The molecule has 0 aliphatic heterocycles. The van der Waals surface area contributed by atoms with Crippen molar-refractivity contribution in [2.24, 2.45) is 5.73 Å². The monoisotopic (exact) mass is 352 g/mol. The molecular weight excluding hydrogens is 332 g/mol. The van der Waals surface area contributed by atoms with Crippen LogP contribution in [0.3, 0.4) is 0 Å². The van der Waals surface area contributed by atoms with Crippen molar-refractivity contribution in [3.63, 3.8) is 0 Å². The SMILES string of the molecule is CCNc1nccc2oc(-c3cnc4ccc(OC[C@H](C)N)nn34)cc12. The molecule has 1 atom stereocenters. The lowest BCUT2D eigenvalue weighted by Gasteiger charge is -2.08. The minimum absolute atomic E-state index is 0.0675. The fraction of sp³-hybridized carbons (Fsp3) is 0.278. The number of rotatable bonds is 6. The van der Waals surface area contributed by atoms with E-state index in [0.717, 1.165) is 29.0 Å². The first-order chi connectivity index (χ1) is 12.7. The predicted molar refractivity (Wildman–Crippen MR) is 99.3 cm³/mol. The van der Waals surface area contributed by atoms with Gasteiger partial charge in [-0.3, -0.25) is 0 Å². The van der Waals surface area contributed by atoms with Gasteiger partial charge in [0.05, 0.1) is 11.6 Å². The van der Waals surface area contributed by atoms with Crippen LogP contribution in [0.4, 0.5) is 5.82 Å². The van der Waals surface area contributed by atoms with Crippen LogP contribution in [0.1, 0.15) is 13.8 Å². The highest BCUT2D eigenvalue weighted by Gasteiger charge is 2.15. The van der Waals surface area contributed by atoms with Crippen molar-refractivity contribution in [3.8, 4) is 17.3 Å². The Morgan fingerprint density at radius 1 is 1.31 bits per heavy atom. The van der Waals surface area contributed by atoms with E-state index in [9.17, 15) is 0 Å². The van der Waals surface area contributed by atoms with E-state index in [-0.39, 0.29) is 6.04 Å². The maximum Gasteiger partial charge on any atom is 0.231 e. The number of nitrogens with two attached hydrogens (primary N) is 1. The summed E-state index contributed by atoms with van der Waals surface area (Å²) in [7, 11) is 0. The zero-order valence-corrected chi connectivity index (χ0v) is 14.6. The Labute approximate surface area is 150 Å². The number of pyridine rings is 1. The average molecular weight is 352 g/mol. The molecule has 8 heteroatoms. The molecule has 0 aliphatic carbocycles. The third-order valence-electron chi connectivity index (χ3n) is 3.87. The van der Waals surface area contributed by atoms with Crippen molar-refractivity contribution >= 4 is 22.4 Å². The summed E-state index contributed by atoms with van der Waals surface area (Å²) < 4.78 is 13.3. The topological polar surface area (TPSA) is 104 Å². The maximum atomic E-state index is 6.00. The molecule has 0 aliphatic rings. The molecule has 0 spiro atoms. The van der Waals surface area contributed by atoms with Crippen LogP contribution >= 0.6 is 0 Å². The van der Waals surface area contributed by atoms with E-state index in [1.165, 1.54) is 0 Å². The summed E-state index contributed by atoms with van der Waals surface area (Å²) in [5.41, 5.74) is 7.94. The standard InChI is InChI=1S/C18H20N6O2/c1-3-20-18-12-8-15(26-14(12)6-7-21-18)13-9-22-16-4-5-17(23-24(13)16)25-10-11(2)19/h4-9,11H,3,10,19H2,1-2H3,(H,20,21)/t11-/m0/s1. The molecule has 26 heavy (non-hydrogen) atoms. The van der Waals surface area contributed by atoms with Gasteiger partial charge in [0.1, 0.15) is 23.7 Å². The van der Waals surface area contributed by atoms with Crippen molar-refractivity contribution in [1.29, 1.82) is 0 Å². The molecule has 134 valence electrons. The number of furan rings is 1. The summed E-state index contributed by atoms with van der Waals surface area (Å²) in [5, 5.41) is 8.66. The second-order valence-electron chi connectivity index (χ2n) is 6.09. The molecule has 0 bridgehead atoms. The van der Waals surface area contributed by atoms with Crippen molar-refractivity contribution < 1.29 is 9.15 Å². The zero-order valence-electron chi connectivity index (χ0n) is 14.6. The molecule has 0 saturated carbocycles. The Morgan fingerprint density at radius 2 is 2.19 bits per heavy atom. The van der Waals surface area contributed by atoms with E-state index in [1.807, 2.05) is 32.0 Å². The Hall–Kier alpha value is -3.13. The van der Waals surface area contributed by atoms with Crippen molar-refractivity contribution in [2.75, 3.05) is 18.5 Å². The second-order valence-corrected chi connectivity index (χ2v) is 6.09. The summed E-state index contributed by atoms with van der Waals surface area (Å²) in [6.45, 7) is 5.08. The summed E-state index contributed by atoms with van der Waals surface area (Å²) in [6.07, 6.45) is 3.45. The Balaban J connectivity index is 1.77. The number of aromatic nitrogens is 4. The molecule has 4 aromatic rings. The fourth-order valence-electron chi connectivity index (χ4n) is 2.72. The molecular formula is C18H20N6O2. The van der Waals surface area contributed by atoms with Crippen molar-refractivity contribution in [1.82, 2.24) is 19.6 Å². The average Bonchev–Trinajstić information content (AvgIpc) is 3.24. The van der Waals surface area contributed by atoms with Gasteiger partial charge in [-0.2, -0.15) is 0 Å². The molecule has 4 rings (SSSR count). The summed E-state index contributed by atoms with van der Waals surface area (Å²) in [5.74, 6) is 1.94. The van der Waals surface area contributed by atoms with Crippen molar-refractivity contribution in [3.05, 3.63) is 36.7 Å². The van der Waals surface area contributed by atoms with Crippen LogP contribution in [0, 0.1) is 0 Å². The summed E-state index contributed by atoms with van der Waals surface area (Å²) in [4.78, 5) is 8.76. The highest BCUT2D eigenvalue weighted by Crippen LogP contribution is 2.31. The first kappa shape index (κ1) is 16.3. The van der Waals surface area contributed by atoms with Crippen LogP contribution in [0.5, 0.6) is 5.88 Å². The lowest BCUT2D eigenvalue weighted by atomic mass is 10.2. The van der Waals surface area contributed by atoms with Crippen LogP contribution in [0.25, 0.3) is 28.1 Å². The highest BCUT2D eigenvalue weighted by molar-refractivity contribution is 5.91. The zero-order chi connectivity index (χ0) is 18.1. The number of hydrogen-bond donors (Lipinski definition) is 2. The molecule has 8 nitrogen and oxygen atoms in total. The normalized spacial score (nSPS) is 12.6. The molecule has 0 amide bonds. The van der Waals surface area contributed by atoms with E-state index < -0.39 is 0 Å². The van der Waals surface area contributed by atoms with Crippen LogP contribution in [0.15, 0.2) is 41.1 Å². The van der Waals surface area contributed by atoms with E-state index in [1.54, 1.807) is 23.0 Å². The quantitative estimate of drug-likeness (QED) is 0.550. The summed E-state index contributed by atoms with van der Waals surface area (Å²) >= 11 is 0. The molecule has 0 radical (unpaired) electrons. The first-order valence-corrected chi connectivity index (χ1v) is 8.51. The number of nitrogens with one attached hydrogen (secondary N) is 1. The maximum absolute atomic E-state index is 6.00. The number of ether oxygens (including phenoxy) is 1. The second kappa shape index (κ2) is 6.64. The van der Waals surface area contributed by atoms with Gasteiger partial charge >= 0.3 is 0 Å². The molecule has 4 aromatic heterocycles. The van der Waals surface area contributed by atoms with Gasteiger partial charge in [0.2, 0.25) is 5.88 Å². The van der Waals surface area contributed by atoms with E-state index in [4.69, 9.17) is 14.9 Å². The van der Waals surface area contributed by atoms with Gasteiger partial charge in [0, 0.05) is 24.8 Å². The molecule has 0 unspecified atom stereocenters. The minimum Gasteiger partial charge on any atom is -0.475 e. The number of anilines is 1. The third-order valence-corrected chi connectivity index (χ3v) is 3.87. The van der Waals surface area contributed by atoms with E-state index >= 15 is 0 Å². The van der Waals surface area contributed by atoms with Gasteiger partial charge in [0.15, 0.2) is 11.4 Å². The molecule has 0 aromatic carbocycles. The van der Waals surface area contributed by atoms with Crippen LogP contribution in [-0.2, 0) is 0 Å². The Morgan fingerprint density at radius 3 is 3.00 bits per heavy atom. The first-order valence-electron chi connectivity index (χ1n) is 8.51. The van der Waals surface area contributed by atoms with Gasteiger partial charge in [0.25, 0.3) is 0 Å². The molecule has 0 saturated heterocycles. The molecule has 0 fully saturated rings. The van der Waals surface area contributed by atoms with Gasteiger partial charge in [-0.25, -0.2) is 14.5 Å². The van der Waals surface area contributed by atoms with Gasteiger partial charge in [-0.05, 0) is 32.0 Å². The van der Waals surface area contributed by atoms with E-state index in [2.05, 4.69) is 20.4 Å². The number of nitrogens with zero attached hydrogens (tertiary/aromatic N) is 4. The Kier molecular flexibility index (Phi) is 4.18. The van der Waals surface area contributed by atoms with Gasteiger partial charge in [-0.15, -0.1) is 5.10 Å². The number of fused-ring (bicyclic) bond motifs is 2. The van der Waals surface area contributed by atoms with Gasteiger partial charge in [-0.1, -0.05) is 0 Å². The van der Waals surface area contributed by atoms with Crippen LogP contribution in [0.2, 0.25) is 0 Å². The lowest BCUT2D eigenvalue weighted by Crippen LogP contribution is -2.24. The molecule has 4 heterocycles. The highest BCUT2D eigenvalue weighted by atomic mass is 16.5. The number of hydrogen-bond acceptors (Lipinski definition) is 7. The lowest BCUT2D eigenvalue weighted by molar-refractivity contribution is 0.281. The predicted octanol–water partition coefficient (Wildman–Crippen LogP) is 2.70. The van der Waals surface area contributed by atoms with Crippen LogP contribution in [-0.4, -0.2) is 38.8 Å². The summed E-state index contributed by atoms with van der Waals surface area (Å²) in [6, 6.07) is 7.35. The fourth-order valence-corrected chi connectivity index (χ4v) is 2.72. The Bertz CT molecular complexity index is 1050. The van der Waals surface area contributed by atoms with Crippen LogP contribution < -0.4 is 15.8 Å². The van der Waals surface area contributed by atoms with E-state index in [0.29, 0.717) is 23.9 Å².